The average molecular weight is 371 g/mol. The zero-order valence-corrected chi connectivity index (χ0v) is 16.5. The Hall–Kier alpha value is -1.70. The third kappa shape index (κ3) is 6.16. The molecular formula is C25H32F2. The molecule has 27 heavy (non-hydrogen) atoms. The van der Waals surface area contributed by atoms with Crippen molar-refractivity contribution in [1.29, 1.82) is 0 Å². The van der Waals surface area contributed by atoms with Crippen LogP contribution in [0.15, 0.2) is 42.5 Å². The van der Waals surface area contributed by atoms with Gasteiger partial charge >= 0.3 is 0 Å². The number of benzene rings is 2. The Balaban J connectivity index is 1.47. The van der Waals surface area contributed by atoms with E-state index in [0.29, 0.717) is 12.3 Å². The van der Waals surface area contributed by atoms with Crippen molar-refractivity contribution < 1.29 is 8.78 Å². The fraction of sp³-hybridized carbons (Fsp3) is 0.520. The van der Waals surface area contributed by atoms with Crippen LogP contribution in [0.3, 0.4) is 0 Å². The van der Waals surface area contributed by atoms with Crippen molar-refractivity contribution in [1.82, 2.24) is 0 Å². The predicted octanol–water partition coefficient (Wildman–Crippen LogP) is 7.60. The first-order chi connectivity index (χ1) is 13.1. The van der Waals surface area contributed by atoms with E-state index in [0.717, 1.165) is 24.0 Å². The number of hydrogen-bond acceptors (Lipinski definition) is 0. The maximum atomic E-state index is 13.3. The second-order valence-corrected chi connectivity index (χ2v) is 8.23. The highest BCUT2D eigenvalue weighted by atomic mass is 19.1. The minimum atomic E-state index is -0.495. The fourth-order valence-electron chi connectivity index (χ4n) is 4.47. The number of rotatable bonds is 8. The van der Waals surface area contributed by atoms with Crippen LogP contribution in [0.25, 0.3) is 0 Å². The van der Waals surface area contributed by atoms with Crippen molar-refractivity contribution >= 4 is 0 Å². The second-order valence-electron chi connectivity index (χ2n) is 8.23. The molecule has 0 amide bonds. The molecule has 0 radical (unpaired) electrons. The van der Waals surface area contributed by atoms with Crippen LogP contribution in [0.2, 0.25) is 0 Å². The molecule has 0 spiro atoms. The molecule has 1 saturated carbocycles. The first-order valence-corrected chi connectivity index (χ1v) is 10.7. The van der Waals surface area contributed by atoms with Crippen molar-refractivity contribution in [3.8, 4) is 0 Å². The third-order valence-electron chi connectivity index (χ3n) is 6.14. The van der Waals surface area contributed by atoms with Gasteiger partial charge in [0.2, 0.25) is 0 Å². The summed E-state index contributed by atoms with van der Waals surface area (Å²) in [6.07, 6.45) is 12.4. The van der Waals surface area contributed by atoms with Crippen LogP contribution in [0.4, 0.5) is 8.78 Å². The number of unbranched alkanes of at least 4 members (excludes halogenated alkanes) is 2. The van der Waals surface area contributed by atoms with Gasteiger partial charge in [-0.15, -0.1) is 0 Å². The molecule has 3 rings (SSSR count). The molecule has 0 unspecified atom stereocenters. The van der Waals surface area contributed by atoms with Crippen molar-refractivity contribution in [2.75, 3.05) is 0 Å². The summed E-state index contributed by atoms with van der Waals surface area (Å²) < 4.78 is 26.6. The molecule has 1 aliphatic rings. The van der Waals surface area contributed by atoms with Gasteiger partial charge in [-0.2, -0.15) is 0 Å². The Morgan fingerprint density at radius 3 is 2.04 bits per heavy atom. The summed E-state index contributed by atoms with van der Waals surface area (Å²) in [5, 5.41) is 0. The van der Waals surface area contributed by atoms with Crippen molar-refractivity contribution in [2.45, 2.75) is 77.0 Å². The van der Waals surface area contributed by atoms with Gasteiger partial charge in [-0.1, -0.05) is 56.9 Å². The SMILES string of the molecule is CCCCCC1CCC(c2ccc(CCc3cc(F)cc(F)c3)cc2)CC1. The third-order valence-corrected chi connectivity index (χ3v) is 6.14. The summed E-state index contributed by atoms with van der Waals surface area (Å²) >= 11 is 0. The molecule has 1 fully saturated rings. The lowest BCUT2D eigenvalue weighted by Gasteiger charge is -2.29. The smallest absolute Gasteiger partial charge is 0.126 e. The van der Waals surface area contributed by atoms with Crippen LogP contribution in [0, 0.1) is 17.6 Å². The zero-order chi connectivity index (χ0) is 19.1. The average Bonchev–Trinajstić information content (AvgIpc) is 2.67. The summed E-state index contributed by atoms with van der Waals surface area (Å²) in [6.45, 7) is 2.27. The van der Waals surface area contributed by atoms with E-state index in [9.17, 15) is 8.78 Å². The molecule has 2 aromatic carbocycles. The van der Waals surface area contributed by atoms with Gasteiger partial charge in [0, 0.05) is 6.07 Å². The Bertz CT molecular complexity index is 677. The molecule has 0 bridgehead atoms. The Labute approximate surface area is 163 Å². The minimum Gasteiger partial charge on any atom is -0.207 e. The summed E-state index contributed by atoms with van der Waals surface area (Å²) in [5.74, 6) is 0.661. The number of hydrogen-bond donors (Lipinski definition) is 0. The van der Waals surface area contributed by atoms with E-state index < -0.39 is 11.6 Å². The summed E-state index contributed by atoms with van der Waals surface area (Å²) in [6, 6.07) is 12.7. The highest BCUT2D eigenvalue weighted by Crippen LogP contribution is 2.37. The highest BCUT2D eigenvalue weighted by molar-refractivity contribution is 5.27. The van der Waals surface area contributed by atoms with Crippen LogP contribution in [-0.2, 0) is 12.8 Å². The topological polar surface area (TPSA) is 0 Å². The first-order valence-electron chi connectivity index (χ1n) is 10.7. The van der Waals surface area contributed by atoms with Crippen molar-refractivity contribution in [3.63, 3.8) is 0 Å². The van der Waals surface area contributed by atoms with Gasteiger partial charge in [-0.3, -0.25) is 0 Å². The van der Waals surface area contributed by atoms with Gasteiger partial charge in [0.15, 0.2) is 0 Å². The van der Waals surface area contributed by atoms with E-state index in [2.05, 4.69) is 31.2 Å². The highest BCUT2D eigenvalue weighted by Gasteiger charge is 2.21. The van der Waals surface area contributed by atoms with Crippen LogP contribution in [0.5, 0.6) is 0 Å². The van der Waals surface area contributed by atoms with E-state index in [1.165, 1.54) is 74.6 Å². The molecule has 0 saturated heterocycles. The van der Waals surface area contributed by atoms with E-state index in [-0.39, 0.29) is 0 Å². The van der Waals surface area contributed by atoms with Gasteiger partial charge in [-0.25, -0.2) is 8.78 Å². The first kappa shape index (κ1) is 20.0. The van der Waals surface area contributed by atoms with E-state index in [1.54, 1.807) is 0 Å². The van der Waals surface area contributed by atoms with Crippen LogP contribution >= 0.6 is 0 Å². The molecule has 0 atom stereocenters. The Morgan fingerprint density at radius 2 is 1.41 bits per heavy atom. The molecule has 0 aliphatic heterocycles. The van der Waals surface area contributed by atoms with Crippen LogP contribution < -0.4 is 0 Å². The fourth-order valence-corrected chi connectivity index (χ4v) is 4.47. The van der Waals surface area contributed by atoms with Crippen LogP contribution in [0.1, 0.15) is 80.9 Å². The Morgan fingerprint density at radius 1 is 0.778 bits per heavy atom. The maximum Gasteiger partial charge on any atom is 0.126 e. The van der Waals surface area contributed by atoms with Gasteiger partial charge < -0.3 is 0 Å². The molecule has 2 aromatic rings. The van der Waals surface area contributed by atoms with E-state index >= 15 is 0 Å². The normalized spacial score (nSPS) is 20.0. The monoisotopic (exact) mass is 370 g/mol. The minimum absolute atomic E-state index is 0.495. The molecule has 0 nitrogen and oxygen atoms in total. The molecule has 146 valence electrons. The molecule has 0 N–H and O–H groups in total. The number of aryl methyl sites for hydroxylation is 2. The lowest BCUT2D eigenvalue weighted by molar-refractivity contribution is 0.303. The van der Waals surface area contributed by atoms with Crippen molar-refractivity contribution in [3.05, 3.63) is 70.8 Å². The second kappa shape index (κ2) is 10.0. The molecule has 1 aliphatic carbocycles. The largest absolute Gasteiger partial charge is 0.207 e. The summed E-state index contributed by atoms with van der Waals surface area (Å²) in [5.41, 5.74) is 3.41. The Kier molecular flexibility index (Phi) is 7.43. The quantitative estimate of drug-likeness (QED) is 0.420. The molecular weight excluding hydrogens is 338 g/mol. The standard InChI is InChI=1S/C25H32F2/c1-2-3-4-5-19-8-12-22(13-9-19)23-14-10-20(11-15-23)6-7-21-16-24(26)18-25(27)17-21/h10-11,14-19,22H,2-9,12-13H2,1H3. The van der Waals surface area contributed by atoms with Gasteiger partial charge in [-0.05, 0) is 79.2 Å². The maximum absolute atomic E-state index is 13.3. The molecule has 0 heterocycles. The zero-order valence-electron chi connectivity index (χ0n) is 16.5. The van der Waals surface area contributed by atoms with E-state index in [4.69, 9.17) is 0 Å². The number of halogens is 2. The van der Waals surface area contributed by atoms with Crippen LogP contribution in [-0.4, -0.2) is 0 Å². The van der Waals surface area contributed by atoms with E-state index in [1.807, 2.05) is 0 Å². The van der Waals surface area contributed by atoms with Crippen molar-refractivity contribution in [2.24, 2.45) is 5.92 Å². The predicted molar refractivity (Wildman–Crippen MR) is 109 cm³/mol. The lowest BCUT2D eigenvalue weighted by Crippen LogP contribution is -2.13. The molecule has 2 heteroatoms. The van der Waals surface area contributed by atoms with Gasteiger partial charge in [0.05, 0.1) is 0 Å². The van der Waals surface area contributed by atoms with Gasteiger partial charge in [0.25, 0.3) is 0 Å². The molecule has 0 aromatic heterocycles. The summed E-state index contributed by atoms with van der Waals surface area (Å²) in [4.78, 5) is 0. The summed E-state index contributed by atoms with van der Waals surface area (Å²) in [7, 11) is 0. The lowest BCUT2D eigenvalue weighted by atomic mass is 9.77. The van der Waals surface area contributed by atoms with Gasteiger partial charge in [0.1, 0.15) is 11.6 Å².